The van der Waals surface area contributed by atoms with E-state index in [2.05, 4.69) is 15.0 Å². The molecule has 1 saturated heterocycles. The van der Waals surface area contributed by atoms with Crippen LogP contribution in [0, 0.1) is 0 Å². The first-order valence-electron chi connectivity index (χ1n) is 8.95. The van der Waals surface area contributed by atoms with E-state index < -0.39 is 10.0 Å². The van der Waals surface area contributed by atoms with E-state index in [1.54, 1.807) is 47.3 Å². The van der Waals surface area contributed by atoms with Gasteiger partial charge in [0.2, 0.25) is 10.0 Å². The van der Waals surface area contributed by atoms with Crippen LogP contribution in [0.25, 0.3) is 22.1 Å². The Labute approximate surface area is 160 Å². The number of nitrogens with one attached hydrogen (secondary N) is 1. The number of imidazole rings is 1. The van der Waals surface area contributed by atoms with Crippen molar-refractivity contribution in [3.8, 4) is 0 Å². The molecule has 5 rings (SSSR count). The molecule has 1 atom stereocenters. The summed E-state index contributed by atoms with van der Waals surface area (Å²) in [6.07, 6.45) is 3.75. The first-order valence-corrected chi connectivity index (χ1v) is 10.4. The van der Waals surface area contributed by atoms with Gasteiger partial charge >= 0.3 is 5.69 Å². The molecule has 4 aromatic rings. The molecule has 1 fully saturated rings. The zero-order chi connectivity index (χ0) is 19.3. The number of sulfonamides is 1. The van der Waals surface area contributed by atoms with Gasteiger partial charge in [0.25, 0.3) is 0 Å². The van der Waals surface area contributed by atoms with Gasteiger partial charge < -0.3 is 4.98 Å². The van der Waals surface area contributed by atoms with Crippen molar-refractivity contribution >= 4 is 32.1 Å². The summed E-state index contributed by atoms with van der Waals surface area (Å²) >= 11 is 0. The summed E-state index contributed by atoms with van der Waals surface area (Å²) in [5, 5.41) is 0.774. The molecule has 0 spiro atoms. The monoisotopic (exact) mass is 395 g/mol. The molecule has 3 aromatic heterocycles. The fourth-order valence-electron chi connectivity index (χ4n) is 3.86. The molecule has 0 amide bonds. The van der Waals surface area contributed by atoms with E-state index in [9.17, 15) is 13.2 Å². The molecule has 1 N–H and O–H groups in total. The van der Waals surface area contributed by atoms with Crippen LogP contribution in [0.1, 0.15) is 12.5 Å². The van der Waals surface area contributed by atoms with Gasteiger partial charge in [0.05, 0.1) is 17.1 Å². The van der Waals surface area contributed by atoms with Gasteiger partial charge in [-0.25, -0.2) is 18.2 Å². The van der Waals surface area contributed by atoms with Crippen LogP contribution in [-0.2, 0) is 10.0 Å². The van der Waals surface area contributed by atoms with Gasteiger partial charge in [-0.2, -0.15) is 4.31 Å². The zero-order valence-corrected chi connectivity index (χ0v) is 15.6. The Kier molecular flexibility index (Phi) is 3.81. The van der Waals surface area contributed by atoms with E-state index in [0.29, 0.717) is 29.6 Å². The molecule has 1 aliphatic rings. The topological polar surface area (TPSA) is 101 Å². The van der Waals surface area contributed by atoms with Gasteiger partial charge in [0, 0.05) is 30.9 Å². The highest BCUT2D eigenvalue weighted by atomic mass is 32.2. The number of aromatic amines is 1. The van der Waals surface area contributed by atoms with Crippen molar-refractivity contribution < 1.29 is 8.42 Å². The Morgan fingerprint density at radius 2 is 1.82 bits per heavy atom. The maximum absolute atomic E-state index is 13.3. The number of H-pyrrole nitrogens is 1. The van der Waals surface area contributed by atoms with Crippen molar-refractivity contribution in [2.45, 2.75) is 17.4 Å². The Hall–Kier alpha value is -3.04. The standard InChI is InChI=1S/C19H17N5O3S/c25-19-22-15-6-3-10-21-18(15)24(19)14-8-11-23(12-14)28(26,27)16-7-1-4-13-5-2-9-20-17(13)16/h1-7,9-10,14H,8,11-12H2,(H,22,25). The number of para-hydroxylation sites is 1. The minimum atomic E-state index is -3.73. The Bertz CT molecular complexity index is 1350. The van der Waals surface area contributed by atoms with Crippen molar-refractivity contribution in [3.63, 3.8) is 0 Å². The molecule has 0 saturated carbocycles. The van der Waals surface area contributed by atoms with E-state index in [0.717, 1.165) is 5.39 Å². The molecule has 4 heterocycles. The summed E-state index contributed by atoms with van der Waals surface area (Å²) in [5.41, 5.74) is 1.37. The molecule has 1 aromatic carbocycles. The zero-order valence-electron chi connectivity index (χ0n) is 14.8. The number of hydrogen-bond donors (Lipinski definition) is 1. The second-order valence-corrected chi connectivity index (χ2v) is 8.72. The van der Waals surface area contributed by atoms with Crippen molar-refractivity contribution in [2.75, 3.05) is 13.1 Å². The number of fused-ring (bicyclic) bond motifs is 2. The average Bonchev–Trinajstić information content (AvgIpc) is 3.31. The van der Waals surface area contributed by atoms with E-state index in [1.807, 2.05) is 12.1 Å². The molecule has 8 nitrogen and oxygen atoms in total. The molecule has 1 unspecified atom stereocenters. The van der Waals surface area contributed by atoms with Crippen LogP contribution in [0.15, 0.2) is 64.5 Å². The van der Waals surface area contributed by atoms with Crippen molar-refractivity contribution in [2.24, 2.45) is 0 Å². The van der Waals surface area contributed by atoms with Gasteiger partial charge in [0.1, 0.15) is 4.90 Å². The van der Waals surface area contributed by atoms with Crippen LogP contribution in [0.2, 0.25) is 0 Å². The number of rotatable bonds is 3. The number of benzene rings is 1. The third-order valence-electron chi connectivity index (χ3n) is 5.18. The Morgan fingerprint density at radius 3 is 2.71 bits per heavy atom. The van der Waals surface area contributed by atoms with E-state index in [4.69, 9.17) is 0 Å². The van der Waals surface area contributed by atoms with Crippen LogP contribution in [0.5, 0.6) is 0 Å². The lowest BCUT2D eigenvalue weighted by Crippen LogP contribution is -2.31. The van der Waals surface area contributed by atoms with Gasteiger partial charge in [-0.1, -0.05) is 18.2 Å². The first kappa shape index (κ1) is 17.1. The molecule has 0 bridgehead atoms. The fraction of sp³-hybridized carbons (Fsp3) is 0.211. The summed E-state index contributed by atoms with van der Waals surface area (Å²) in [6.45, 7) is 0.553. The van der Waals surface area contributed by atoms with Crippen LogP contribution in [-0.4, -0.2) is 45.3 Å². The summed E-state index contributed by atoms with van der Waals surface area (Å²) in [5.74, 6) is 0. The predicted octanol–water partition coefficient (Wildman–Crippen LogP) is 1.91. The van der Waals surface area contributed by atoms with Crippen LogP contribution >= 0.6 is 0 Å². The van der Waals surface area contributed by atoms with Crippen LogP contribution in [0.4, 0.5) is 0 Å². The molecular weight excluding hydrogens is 378 g/mol. The van der Waals surface area contributed by atoms with Crippen molar-refractivity contribution in [3.05, 3.63) is 65.3 Å². The van der Waals surface area contributed by atoms with Gasteiger partial charge in [0.15, 0.2) is 5.65 Å². The number of pyridine rings is 2. The molecule has 9 heteroatoms. The fourth-order valence-corrected chi connectivity index (χ4v) is 5.52. The highest BCUT2D eigenvalue weighted by Gasteiger charge is 2.35. The van der Waals surface area contributed by atoms with Crippen molar-refractivity contribution in [1.29, 1.82) is 0 Å². The first-order chi connectivity index (χ1) is 13.6. The number of hydrogen-bond acceptors (Lipinski definition) is 5. The third-order valence-corrected chi connectivity index (χ3v) is 7.08. The van der Waals surface area contributed by atoms with Gasteiger partial charge in [-0.05, 0) is 30.7 Å². The van der Waals surface area contributed by atoms with E-state index in [1.165, 1.54) is 4.31 Å². The number of nitrogens with zero attached hydrogens (tertiary/aromatic N) is 4. The molecule has 0 radical (unpaired) electrons. The van der Waals surface area contributed by atoms with Gasteiger partial charge in [-0.15, -0.1) is 0 Å². The van der Waals surface area contributed by atoms with Crippen LogP contribution in [0.3, 0.4) is 0 Å². The number of aromatic nitrogens is 4. The lowest BCUT2D eigenvalue weighted by atomic mass is 10.2. The quantitative estimate of drug-likeness (QED) is 0.571. The smallest absolute Gasteiger partial charge is 0.304 e. The van der Waals surface area contributed by atoms with Crippen LogP contribution < -0.4 is 5.69 Å². The SMILES string of the molecule is O=c1[nH]c2cccnc2n1C1CCN(S(=O)(=O)c2cccc3cccnc23)C1. The van der Waals surface area contributed by atoms with Gasteiger partial charge in [-0.3, -0.25) is 9.55 Å². The summed E-state index contributed by atoms with van der Waals surface area (Å²) < 4.78 is 29.6. The van der Waals surface area contributed by atoms with Crippen molar-refractivity contribution in [1.82, 2.24) is 23.8 Å². The minimum absolute atomic E-state index is 0.190. The summed E-state index contributed by atoms with van der Waals surface area (Å²) in [7, 11) is -3.73. The predicted molar refractivity (Wildman–Crippen MR) is 105 cm³/mol. The maximum atomic E-state index is 13.3. The Morgan fingerprint density at radius 1 is 1.04 bits per heavy atom. The maximum Gasteiger partial charge on any atom is 0.327 e. The lowest BCUT2D eigenvalue weighted by Gasteiger charge is -2.18. The minimum Gasteiger partial charge on any atom is -0.304 e. The third kappa shape index (κ3) is 2.54. The highest BCUT2D eigenvalue weighted by Crippen LogP contribution is 2.30. The normalized spacial score (nSPS) is 18.2. The average molecular weight is 395 g/mol. The molecule has 1 aliphatic heterocycles. The molecule has 142 valence electrons. The summed E-state index contributed by atoms with van der Waals surface area (Å²) in [6, 6.07) is 12.0. The largest absolute Gasteiger partial charge is 0.327 e. The van der Waals surface area contributed by atoms with E-state index in [-0.39, 0.29) is 23.2 Å². The molecule has 28 heavy (non-hydrogen) atoms. The van der Waals surface area contributed by atoms with E-state index >= 15 is 0 Å². The molecule has 0 aliphatic carbocycles. The lowest BCUT2D eigenvalue weighted by molar-refractivity contribution is 0.451. The Balaban J connectivity index is 1.53. The highest BCUT2D eigenvalue weighted by molar-refractivity contribution is 7.89. The molecular formula is C19H17N5O3S. The second-order valence-electron chi connectivity index (χ2n) is 6.81. The second kappa shape index (κ2) is 6.25. The summed E-state index contributed by atoms with van der Waals surface area (Å²) in [4.78, 5) is 23.9.